The fourth-order valence-electron chi connectivity index (χ4n) is 3.95. The van der Waals surface area contributed by atoms with E-state index < -0.39 is 0 Å². The SMILES string of the molecule is COCCc1nc2sc(C)c(-c3ccc(C)c(C)c3)c2c(=O)n1Cc1cccc(C#N)c1. The first kappa shape index (κ1) is 21.9. The molecule has 0 radical (unpaired) electrons. The Kier molecular flexibility index (Phi) is 6.22. The summed E-state index contributed by atoms with van der Waals surface area (Å²) in [6.45, 7) is 7.06. The number of aromatic nitrogens is 2. The molecule has 0 aliphatic rings. The molecule has 6 heteroatoms. The van der Waals surface area contributed by atoms with Gasteiger partial charge in [0.15, 0.2) is 0 Å². The Labute approximate surface area is 191 Å². The quantitative estimate of drug-likeness (QED) is 0.413. The van der Waals surface area contributed by atoms with Crippen LogP contribution in [-0.4, -0.2) is 23.3 Å². The van der Waals surface area contributed by atoms with Crippen molar-refractivity contribution >= 4 is 21.6 Å². The van der Waals surface area contributed by atoms with Gasteiger partial charge in [0, 0.05) is 24.0 Å². The fraction of sp³-hybridized carbons (Fsp3) is 0.269. The van der Waals surface area contributed by atoms with Gasteiger partial charge in [-0.1, -0.05) is 30.3 Å². The van der Waals surface area contributed by atoms with Crippen LogP contribution in [-0.2, 0) is 17.7 Å². The third-order valence-electron chi connectivity index (χ3n) is 5.79. The molecule has 0 aliphatic carbocycles. The Morgan fingerprint density at radius 3 is 2.66 bits per heavy atom. The molecular formula is C26H25N3O2S. The monoisotopic (exact) mass is 443 g/mol. The lowest BCUT2D eigenvalue weighted by molar-refractivity contribution is 0.199. The lowest BCUT2D eigenvalue weighted by Gasteiger charge is -2.13. The first-order valence-corrected chi connectivity index (χ1v) is 11.3. The van der Waals surface area contributed by atoms with E-state index in [-0.39, 0.29) is 5.56 Å². The van der Waals surface area contributed by atoms with Crippen molar-refractivity contribution in [3.05, 3.63) is 85.8 Å². The van der Waals surface area contributed by atoms with Crippen molar-refractivity contribution in [3.8, 4) is 17.2 Å². The Bertz CT molecular complexity index is 1410. The number of methoxy groups -OCH3 is 1. The summed E-state index contributed by atoms with van der Waals surface area (Å²) in [6, 6.07) is 15.8. The van der Waals surface area contributed by atoms with Crippen molar-refractivity contribution in [3.63, 3.8) is 0 Å². The Morgan fingerprint density at radius 2 is 1.94 bits per heavy atom. The summed E-state index contributed by atoms with van der Waals surface area (Å²) >= 11 is 1.56. The summed E-state index contributed by atoms with van der Waals surface area (Å²) in [7, 11) is 1.64. The lowest BCUT2D eigenvalue weighted by Crippen LogP contribution is -2.26. The van der Waals surface area contributed by atoms with Gasteiger partial charge in [0.1, 0.15) is 10.7 Å². The van der Waals surface area contributed by atoms with Crippen LogP contribution in [0.3, 0.4) is 0 Å². The zero-order valence-electron chi connectivity index (χ0n) is 18.7. The minimum absolute atomic E-state index is 0.0546. The van der Waals surface area contributed by atoms with Gasteiger partial charge < -0.3 is 4.74 Å². The largest absolute Gasteiger partial charge is 0.384 e. The molecule has 4 aromatic rings. The topological polar surface area (TPSA) is 67.9 Å². The van der Waals surface area contributed by atoms with Crippen LogP contribution in [0.1, 0.15) is 33.0 Å². The van der Waals surface area contributed by atoms with Crippen molar-refractivity contribution in [2.24, 2.45) is 0 Å². The summed E-state index contributed by atoms with van der Waals surface area (Å²) in [4.78, 5) is 20.6. The summed E-state index contributed by atoms with van der Waals surface area (Å²) in [5.41, 5.74) is 5.83. The van der Waals surface area contributed by atoms with Gasteiger partial charge in [-0.2, -0.15) is 5.26 Å². The van der Waals surface area contributed by atoms with Gasteiger partial charge >= 0.3 is 0 Å². The summed E-state index contributed by atoms with van der Waals surface area (Å²) in [6.07, 6.45) is 0.537. The number of ether oxygens (including phenoxy) is 1. The van der Waals surface area contributed by atoms with Crippen LogP contribution in [0.2, 0.25) is 0 Å². The molecule has 0 fully saturated rings. The summed E-state index contributed by atoms with van der Waals surface area (Å²) in [5.74, 6) is 0.694. The van der Waals surface area contributed by atoms with Gasteiger partial charge in [-0.3, -0.25) is 9.36 Å². The molecule has 0 saturated carbocycles. The van der Waals surface area contributed by atoms with Crippen LogP contribution < -0.4 is 5.56 Å². The van der Waals surface area contributed by atoms with Crippen molar-refractivity contribution in [1.82, 2.24) is 9.55 Å². The van der Waals surface area contributed by atoms with Gasteiger partial charge in [0.2, 0.25) is 0 Å². The average molecular weight is 444 g/mol. The van der Waals surface area contributed by atoms with E-state index in [4.69, 9.17) is 9.72 Å². The number of benzene rings is 2. The molecule has 5 nitrogen and oxygen atoms in total. The number of thiophene rings is 1. The smallest absolute Gasteiger partial charge is 0.263 e. The van der Waals surface area contributed by atoms with Crippen LogP contribution in [0.4, 0.5) is 0 Å². The molecule has 0 bridgehead atoms. The molecule has 0 N–H and O–H groups in total. The van der Waals surface area contributed by atoms with E-state index in [1.165, 1.54) is 11.1 Å². The van der Waals surface area contributed by atoms with E-state index in [1.54, 1.807) is 29.1 Å². The predicted octanol–water partition coefficient (Wildman–Crippen LogP) is 5.16. The number of hydrogen-bond acceptors (Lipinski definition) is 5. The van der Waals surface area contributed by atoms with Gasteiger partial charge in [0.25, 0.3) is 5.56 Å². The van der Waals surface area contributed by atoms with Crippen molar-refractivity contribution in [1.29, 1.82) is 5.26 Å². The minimum Gasteiger partial charge on any atom is -0.384 e. The van der Waals surface area contributed by atoms with Gasteiger partial charge in [-0.25, -0.2) is 4.98 Å². The van der Waals surface area contributed by atoms with E-state index in [1.807, 2.05) is 25.1 Å². The molecule has 2 aromatic heterocycles. The maximum Gasteiger partial charge on any atom is 0.263 e. The van der Waals surface area contributed by atoms with Crippen LogP contribution in [0, 0.1) is 32.1 Å². The molecule has 4 rings (SSSR count). The highest BCUT2D eigenvalue weighted by Crippen LogP contribution is 2.36. The van der Waals surface area contributed by atoms with E-state index >= 15 is 0 Å². The van der Waals surface area contributed by atoms with Crippen LogP contribution >= 0.6 is 11.3 Å². The highest BCUT2D eigenvalue weighted by Gasteiger charge is 2.20. The molecule has 0 spiro atoms. The standard InChI is InChI=1S/C26H25N3O2S/c1-16-8-9-21(12-17(16)2)23-18(3)32-25-24(23)26(30)29(22(28-25)10-11-31-4)15-20-7-5-6-19(13-20)14-27/h5-9,12-13H,10-11,15H2,1-4H3. The highest BCUT2D eigenvalue weighted by molar-refractivity contribution is 7.19. The average Bonchev–Trinajstić information content (AvgIpc) is 3.12. The third kappa shape index (κ3) is 4.10. The molecule has 0 saturated heterocycles. The normalized spacial score (nSPS) is 11.1. The molecule has 0 aliphatic heterocycles. The van der Waals surface area contributed by atoms with Gasteiger partial charge in [0.05, 0.1) is 30.2 Å². The maximum absolute atomic E-state index is 13.9. The number of nitriles is 1. The molecule has 0 unspecified atom stereocenters. The number of hydrogen-bond donors (Lipinski definition) is 0. The Morgan fingerprint density at radius 1 is 1.12 bits per heavy atom. The first-order chi connectivity index (χ1) is 15.4. The van der Waals surface area contributed by atoms with Gasteiger partial charge in [-0.05, 0) is 55.2 Å². The second kappa shape index (κ2) is 9.07. The van der Waals surface area contributed by atoms with Gasteiger partial charge in [-0.15, -0.1) is 11.3 Å². The van der Waals surface area contributed by atoms with Crippen molar-refractivity contribution in [2.45, 2.75) is 33.7 Å². The van der Waals surface area contributed by atoms with Crippen LogP contribution in [0.15, 0.2) is 47.3 Å². The highest BCUT2D eigenvalue weighted by atomic mass is 32.1. The second-order valence-corrected chi connectivity index (χ2v) is 9.19. The van der Waals surface area contributed by atoms with Crippen molar-refractivity contribution < 1.29 is 4.74 Å². The minimum atomic E-state index is -0.0546. The van der Waals surface area contributed by atoms with E-state index in [9.17, 15) is 10.1 Å². The maximum atomic E-state index is 13.9. The third-order valence-corrected chi connectivity index (χ3v) is 6.79. The van der Waals surface area contributed by atoms with Crippen LogP contribution in [0.25, 0.3) is 21.3 Å². The summed E-state index contributed by atoms with van der Waals surface area (Å²) < 4.78 is 7.00. The lowest BCUT2D eigenvalue weighted by atomic mass is 9.99. The first-order valence-electron chi connectivity index (χ1n) is 10.5. The molecule has 162 valence electrons. The number of aryl methyl sites for hydroxylation is 3. The number of fused-ring (bicyclic) bond motifs is 1. The van der Waals surface area contributed by atoms with E-state index in [0.29, 0.717) is 36.3 Å². The second-order valence-electron chi connectivity index (χ2n) is 7.99. The van der Waals surface area contributed by atoms with Crippen molar-refractivity contribution in [2.75, 3.05) is 13.7 Å². The van der Waals surface area contributed by atoms with E-state index in [0.717, 1.165) is 26.4 Å². The summed E-state index contributed by atoms with van der Waals surface area (Å²) in [5, 5.41) is 9.92. The number of nitrogens with zero attached hydrogens (tertiary/aromatic N) is 3. The molecule has 32 heavy (non-hydrogen) atoms. The fourth-order valence-corrected chi connectivity index (χ4v) is 5.00. The molecule has 0 amide bonds. The number of rotatable bonds is 6. The van der Waals surface area contributed by atoms with E-state index in [2.05, 4.69) is 38.1 Å². The molecular weight excluding hydrogens is 418 g/mol. The zero-order valence-corrected chi connectivity index (χ0v) is 19.5. The predicted molar refractivity (Wildman–Crippen MR) is 129 cm³/mol. The Balaban J connectivity index is 1.94. The van der Waals surface area contributed by atoms with Crippen LogP contribution in [0.5, 0.6) is 0 Å². The molecule has 2 heterocycles. The molecule has 2 aromatic carbocycles. The zero-order chi connectivity index (χ0) is 22.8. The Hall–Kier alpha value is -3.27. The molecule has 0 atom stereocenters.